The van der Waals surface area contributed by atoms with Crippen LogP contribution in [0.25, 0.3) is 0 Å². The molecule has 102 valence electrons. The Kier molecular flexibility index (Phi) is 4.31. The van der Waals surface area contributed by atoms with E-state index in [-0.39, 0.29) is 18.2 Å². The molecule has 2 aromatic rings. The summed E-state index contributed by atoms with van der Waals surface area (Å²) in [6.07, 6.45) is 0. The summed E-state index contributed by atoms with van der Waals surface area (Å²) in [5.41, 5.74) is 3.40. The highest BCUT2D eigenvalue weighted by Crippen LogP contribution is 2.10. The minimum absolute atomic E-state index is 0.0101. The molecule has 0 saturated carbocycles. The van der Waals surface area contributed by atoms with Crippen molar-refractivity contribution in [3.63, 3.8) is 0 Å². The Labute approximate surface area is 118 Å². The van der Waals surface area contributed by atoms with E-state index in [2.05, 4.69) is 5.32 Å². The Hall–Kier alpha value is -2.42. The second kappa shape index (κ2) is 6.15. The standard InChI is InChI=1S/C17H17NO2/c1-12-8-9-15(10-13(12)2)16(19)11-18-17(20)14-6-4-3-5-7-14/h3-10H,11H2,1-2H3,(H,18,20). The third-order valence-corrected chi connectivity index (χ3v) is 3.27. The van der Waals surface area contributed by atoms with Gasteiger partial charge in [-0.2, -0.15) is 0 Å². The Bertz CT molecular complexity index is 633. The average molecular weight is 267 g/mol. The third-order valence-electron chi connectivity index (χ3n) is 3.27. The lowest BCUT2D eigenvalue weighted by molar-refractivity contribution is 0.0904. The van der Waals surface area contributed by atoms with Crippen LogP contribution in [0.5, 0.6) is 0 Å². The van der Waals surface area contributed by atoms with Gasteiger partial charge in [0.15, 0.2) is 5.78 Å². The zero-order chi connectivity index (χ0) is 14.5. The molecule has 0 bridgehead atoms. The smallest absolute Gasteiger partial charge is 0.251 e. The first-order valence-corrected chi connectivity index (χ1v) is 6.51. The number of benzene rings is 2. The molecule has 0 aliphatic carbocycles. The Morgan fingerprint density at radius 2 is 1.60 bits per heavy atom. The second-order valence-corrected chi connectivity index (χ2v) is 4.77. The van der Waals surface area contributed by atoms with Crippen LogP contribution in [-0.4, -0.2) is 18.2 Å². The number of ketones is 1. The largest absolute Gasteiger partial charge is 0.345 e. The highest BCUT2D eigenvalue weighted by molar-refractivity contribution is 6.02. The molecule has 3 nitrogen and oxygen atoms in total. The van der Waals surface area contributed by atoms with Gasteiger partial charge in [-0.25, -0.2) is 0 Å². The molecular formula is C17H17NO2. The molecule has 0 aliphatic rings. The first-order valence-electron chi connectivity index (χ1n) is 6.51. The molecule has 0 heterocycles. The van der Waals surface area contributed by atoms with Crippen molar-refractivity contribution < 1.29 is 9.59 Å². The maximum absolute atomic E-state index is 12.0. The van der Waals surface area contributed by atoms with Crippen molar-refractivity contribution >= 4 is 11.7 Å². The third kappa shape index (κ3) is 3.32. The summed E-state index contributed by atoms with van der Waals surface area (Å²) in [6, 6.07) is 14.4. The molecule has 0 unspecified atom stereocenters. The maximum atomic E-state index is 12.0. The fourth-order valence-electron chi connectivity index (χ4n) is 1.87. The van der Waals surface area contributed by atoms with E-state index in [0.29, 0.717) is 11.1 Å². The monoisotopic (exact) mass is 267 g/mol. The van der Waals surface area contributed by atoms with Gasteiger partial charge in [0, 0.05) is 11.1 Å². The van der Waals surface area contributed by atoms with Crippen molar-refractivity contribution in [1.29, 1.82) is 0 Å². The number of carbonyl (C=O) groups excluding carboxylic acids is 2. The first kappa shape index (κ1) is 14.0. The zero-order valence-corrected chi connectivity index (χ0v) is 11.6. The molecule has 3 heteroatoms. The average Bonchev–Trinajstić information content (AvgIpc) is 2.48. The van der Waals surface area contributed by atoms with Gasteiger partial charge in [-0.3, -0.25) is 9.59 Å². The Morgan fingerprint density at radius 1 is 0.900 bits per heavy atom. The van der Waals surface area contributed by atoms with E-state index in [1.165, 1.54) is 0 Å². The van der Waals surface area contributed by atoms with Crippen molar-refractivity contribution in [2.24, 2.45) is 0 Å². The van der Waals surface area contributed by atoms with E-state index in [0.717, 1.165) is 11.1 Å². The lowest BCUT2D eigenvalue weighted by atomic mass is 10.0. The van der Waals surface area contributed by atoms with Crippen LogP contribution in [0.2, 0.25) is 0 Å². The summed E-state index contributed by atoms with van der Waals surface area (Å²) in [4.78, 5) is 23.9. The van der Waals surface area contributed by atoms with Crippen LogP contribution in [0, 0.1) is 13.8 Å². The molecule has 0 atom stereocenters. The van der Waals surface area contributed by atoms with E-state index < -0.39 is 0 Å². The lowest BCUT2D eigenvalue weighted by Gasteiger charge is -2.06. The summed E-state index contributed by atoms with van der Waals surface area (Å²) in [5.74, 6) is -0.319. The molecule has 0 aliphatic heterocycles. The van der Waals surface area contributed by atoms with Crippen molar-refractivity contribution in [2.75, 3.05) is 6.54 Å². The van der Waals surface area contributed by atoms with Crippen LogP contribution in [-0.2, 0) is 0 Å². The molecule has 20 heavy (non-hydrogen) atoms. The number of aryl methyl sites for hydroxylation is 2. The van der Waals surface area contributed by atoms with Crippen molar-refractivity contribution in [2.45, 2.75) is 13.8 Å². The Morgan fingerprint density at radius 3 is 2.25 bits per heavy atom. The summed E-state index contributed by atoms with van der Waals surface area (Å²) in [5, 5.41) is 2.64. The molecule has 2 rings (SSSR count). The summed E-state index contributed by atoms with van der Waals surface area (Å²) < 4.78 is 0. The highest BCUT2D eigenvalue weighted by Gasteiger charge is 2.10. The molecule has 0 radical (unpaired) electrons. The van der Waals surface area contributed by atoms with Gasteiger partial charge in [-0.15, -0.1) is 0 Å². The number of rotatable bonds is 4. The Balaban J connectivity index is 1.98. The predicted octanol–water partition coefficient (Wildman–Crippen LogP) is 2.92. The van der Waals surface area contributed by atoms with Crippen LogP contribution < -0.4 is 5.32 Å². The minimum Gasteiger partial charge on any atom is -0.345 e. The van der Waals surface area contributed by atoms with Crippen LogP contribution in [0.3, 0.4) is 0 Å². The number of amides is 1. The number of carbonyl (C=O) groups is 2. The fraction of sp³-hybridized carbons (Fsp3) is 0.176. The van der Waals surface area contributed by atoms with Crippen LogP contribution >= 0.6 is 0 Å². The molecule has 0 spiro atoms. The minimum atomic E-state index is -0.234. The van der Waals surface area contributed by atoms with Gasteiger partial charge in [0.1, 0.15) is 0 Å². The SMILES string of the molecule is Cc1ccc(C(=O)CNC(=O)c2ccccc2)cc1C. The molecule has 1 amide bonds. The number of hydrogen-bond donors (Lipinski definition) is 1. The van der Waals surface area contributed by atoms with Gasteiger partial charge in [0.2, 0.25) is 0 Å². The topological polar surface area (TPSA) is 46.2 Å². The predicted molar refractivity (Wildman–Crippen MR) is 79.0 cm³/mol. The molecule has 2 aromatic carbocycles. The normalized spacial score (nSPS) is 10.1. The molecule has 0 aromatic heterocycles. The number of nitrogens with one attached hydrogen (secondary N) is 1. The molecule has 1 N–H and O–H groups in total. The zero-order valence-electron chi connectivity index (χ0n) is 11.6. The van der Waals surface area contributed by atoms with E-state index in [1.807, 2.05) is 32.0 Å². The van der Waals surface area contributed by atoms with Gasteiger partial charge < -0.3 is 5.32 Å². The summed E-state index contributed by atoms with van der Waals surface area (Å²) in [6.45, 7) is 3.98. The van der Waals surface area contributed by atoms with Gasteiger partial charge in [-0.05, 0) is 43.2 Å². The van der Waals surface area contributed by atoms with Crippen molar-refractivity contribution in [3.05, 3.63) is 70.8 Å². The lowest BCUT2D eigenvalue weighted by Crippen LogP contribution is -2.29. The van der Waals surface area contributed by atoms with Gasteiger partial charge in [-0.1, -0.05) is 30.3 Å². The number of hydrogen-bond acceptors (Lipinski definition) is 2. The van der Waals surface area contributed by atoms with E-state index in [1.54, 1.807) is 30.3 Å². The van der Waals surface area contributed by atoms with Gasteiger partial charge in [0.25, 0.3) is 5.91 Å². The van der Waals surface area contributed by atoms with Crippen LogP contribution in [0.15, 0.2) is 48.5 Å². The number of Topliss-reactive ketones (excluding diaryl/α,β-unsaturated/α-hetero) is 1. The van der Waals surface area contributed by atoms with E-state index in [4.69, 9.17) is 0 Å². The molecular weight excluding hydrogens is 250 g/mol. The van der Waals surface area contributed by atoms with Gasteiger partial charge >= 0.3 is 0 Å². The fourth-order valence-corrected chi connectivity index (χ4v) is 1.87. The molecule has 0 fully saturated rings. The molecule has 0 saturated heterocycles. The maximum Gasteiger partial charge on any atom is 0.251 e. The highest BCUT2D eigenvalue weighted by atomic mass is 16.2. The quantitative estimate of drug-likeness (QED) is 0.866. The van der Waals surface area contributed by atoms with Crippen LogP contribution in [0.4, 0.5) is 0 Å². The summed E-state index contributed by atoms with van der Waals surface area (Å²) in [7, 11) is 0. The van der Waals surface area contributed by atoms with Crippen LogP contribution in [0.1, 0.15) is 31.8 Å². The second-order valence-electron chi connectivity index (χ2n) is 4.77. The van der Waals surface area contributed by atoms with Crippen molar-refractivity contribution in [1.82, 2.24) is 5.32 Å². The van der Waals surface area contributed by atoms with Crippen molar-refractivity contribution in [3.8, 4) is 0 Å². The first-order chi connectivity index (χ1) is 9.58. The van der Waals surface area contributed by atoms with Gasteiger partial charge in [0.05, 0.1) is 6.54 Å². The van der Waals surface area contributed by atoms with E-state index >= 15 is 0 Å². The van der Waals surface area contributed by atoms with E-state index in [9.17, 15) is 9.59 Å². The summed E-state index contributed by atoms with van der Waals surface area (Å²) >= 11 is 0.